The van der Waals surface area contributed by atoms with Crippen LogP contribution in [0.5, 0.6) is 0 Å². The van der Waals surface area contributed by atoms with Gasteiger partial charge in [-0.3, -0.25) is 9.88 Å². The highest BCUT2D eigenvalue weighted by molar-refractivity contribution is 7.89. The fraction of sp³-hybridized carbons (Fsp3) is 0.613. The molecule has 0 radical (unpaired) electrons. The van der Waals surface area contributed by atoms with E-state index >= 15 is 0 Å². The summed E-state index contributed by atoms with van der Waals surface area (Å²) in [6.07, 6.45) is 10.8. The summed E-state index contributed by atoms with van der Waals surface area (Å²) in [5, 5.41) is 0.431. The minimum Gasteiger partial charge on any atom is -0.441 e. The summed E-state index contributed by atoms with van der Waals surface area (Å²) in [7, 11) is -4.06. The van der Waals surface area contributed by atoms with E-state index in [9.17, 15) is 17.6 Å². The lowest BCUT2D eigenvalue weighted by molar-refractivity contribution is -0.0235. The van der Waals surface area contributed by atoms with E-state index in [1.807, 2.05) is 0 Å². The number of halogens is 2. The first-order chi connectivity index (χ1) is 20.1. The monoisotopic (exact) mass is 618 g/mol. The first-order valence-electron chi connectivity index (χ1n) is 15.2. The highest BCUT2D eigenvalue weighted by atomic mass is 35.5. The molecule has 4 heterocycles. The molecule has 1 aliphatic carbocycles. The lowest BCUT2D eigenvalue weighted by Gasteiger charge is -2.48. The Bertz CT molecular complexity index is 1390. The number of aromatic nitrogens is 1. The van der Waals surface area contributed by atoms with Crippen LogP contribution >= 0.6 is 11.6 Å². The van der Waals surface area contributed by atoms with Crippen molar-refractivity contribution in [3.05, 3.63) is 59.1 Å². The Morgan fingerprint density at radius 3 is 2.31 bits per heavy atom. The second kappa shape index (κ2) is 11.7. The zero-order valence-electron chi connectivity index (χ0n) is 24.2. The molecule has 0 N–H and O–H groups in total. The average Bonchev–Trinajstić information content (AvgIpc) is 3.78. The first-order valence-corrected chi connectivity index (χ1v) is 17.1. The van der Waals surface area contributed by atoms with Crippen LogP contribution in [0.1, 0.15) is 82.7 Å². The van der Waals surface area contributed by atoms with Crippen molar-refractivity contribution in [3.8, 4) is 0 Å². The summed E-state index contributed by atoms with van der Waals surface area (Å²) in [6.45, 7) is 5.79. The van der Waals surface area contributed by atoms with E-state index in [0.717, 1.165) is 38.5 Å². The molecule has 8 nitrogen and oxygen atoms in total. The van der Waals surface area contributed by atoms with Gasteiger partial charge in [-0.15, -0.1) is 0 Å². The van der Waals surface area contributed by atoms with Crippen molar-refractivity contribution in [1.29, 1.82) is 0 Å². The van der Waals surface area contributed by atoms with E-state index in [1.165, 1.54) is 48.0 Å². The van der Waals surface area contributed by atoms with Crippen molar-refractivity contribution in [3.63, 3.8) is 0 Å². The summed E-state index contributed by atoms with van der Waals surface area (Å²) in [4.78, 5) is 22.1. The quantitative estimate of drug-likeness (QED) is 0.385. The molecule has 1 saturated carbocycles. The van der Waals surface area contributed by atoms with Gasteiger partial charge in [0.05, 0.1) is 23.2 Å². The van der Waals surface area contributed by atoms with Crippen LogP contribution in [0.3, 0.4) is 0 Å². The minimum absolute atomic E-state index is 0.0908. The summed E-state index contributed by atoms with van der Waals surface area (Å²) < 4.78 is 50.6. The Hall–Kier alpha value is -2.27. The SMILES string of the molecule is CC1(N2CCCCC2)CCN(C(=O)OC2([C@H]3CCC[C@@H](c4cncc(F)c4)N3S(=O)(=O)c3ccc(Cl)cc3)CC2)CC1. The van der Waals surface area contributed by atoms with E-state index in [0.29, 0.717) is 49.4 Å². The number of benzene rings is 1. The molecule has 6 rings (SSSR count). The molecule has 4 fully saturated rings. The summed E-state index contributed by atoms with van der Waals surface area (Å²) >= 11 is 6.07. The molecule has 1 aromatic heterocycles. The Kier molecular flexibility index (Phi) is 8.28. The number of rotatable bonds is 6. The van der Waals surface area contributed by atoms with Gasteiger partial charge in [0.25, 0.3) is 0 Å². The summed E-state index contributed by atoms with van der Waals surface area (Å²) in [5.41, 5.74) is -0.329. The molecular formula is C31H40ClFN4O4S. The van der Waals surface area contributed by atoms with E-state index in [4.69, 9.17) is 16.3 Å². The van der Waals surface area contributed by atoms with E-state index in [1.54, 1.807) is 17.0 Å². The normalized spacial score (nSPS) is 26.5. The van der Waals surface area contributed by atoms with Gasteiger partial charge in [0.2, 0.25) is 10.0 Å². The van der Waals surface area contributed by atoms with Gasteiger partial charge in [0.15, 0.2) is 0 Å². The Morgan fingerprint density at radius 1 is 0.976 bits per heavy atom. The predicted molar refractivity (Wildman–Crippen MR) is 158 cm³/mol. The van der Waals surface area contributed by atoms with Gasteiger partial charge in [0.1, 0.15) is 11.4 Å². The van der Waals surface area contributed by atoms with Gasteiger partial charge >= 0.3 is 6.09 Å². The number of amides is 1. The molecule has 0 unspecified atom stereocenters. The van der Waals surface area contributed by atoms with Gasteiger partial charge in [-0.2, -0.15) is 4.31 Å². The van der Waals surface area contributed by atoms with E-state index in [-0.39, 0.29) is 16.5 Å². The van der Waals surface area contributed by atoms with Crippen molar-refractivity contribution >= 4 is 27.7 Å². The molecule has 228 valence electrons. The lowest BCUT2D eigenvalue weighted by Crippen LogP contribution is -2.57. The molecule has 2 atom stereocenters. The molecule has 42 heavy (non-hydrogen) atoms. The van der Waals surface area contributed by atoms with Crippen molar-refractivity contribution in [2.45, 2.75) is 99.3 Å². The molecular weight excluding hydrogens is 579 g/mol. The Labute approximate surface area is 253 Å². The van der Waals surface area contributed by atoms with Gasteiger partial charge in [-0.25, -0.2) is 17.6 Å². The standard InChI is InChI=1S/C31H40ClFN4O4S/c1-30(36-16-3-2-4-17-36)14-18-35(19-15-30)29(38)41-31(12-13-31)28-7-5-6-27(23-20-25(33)22-34-21-23)37(28)42(39,40)26-10-8-24(32)9-11-26/h8-11,20-22,27-28H,2-7,12-19H2,1H3/t27-,28+/m0/s1. The van der Waals surface area contributed by atoms with Crippen LogP contribution in [0.15, 0.2) is 47.6 Å². The number of nitrogens with zero attached hydrogens (tertiary/aromatic N) is 4. The molecule has 3 saturated heterocycles. The topological polar surface area (TPSA) is 83.1 Å². The third-order valence-corrected chi connectivity index (χ3v) is 12.1. The Balaban J connectivity index is 1.24. The van der Waals surface area contributed by atoms with E-state index in [2.05, 4.69) is 16.8 Å². The second-order valence-electron chi connectivity index (χ2n) is 12.7. The molecule has 0 spiro atoms. The van der Waals surface area contributed by atoms with Crippen LogP contribution in [0, 0.1) is 5.82 Å². The number of hydrogen-bond donors (Lipinski definition) is 0. The number of pyridine rings is 1. The average molecular weight is 619 g/mol. The van der Waals surface area contributed by atoms with Crippen molar-refractivity contribution < 1.29 is 22.3 Å². The third-order valence-electron chi connectivity index (χ3n) is 9.93. The predicted octanol–water partition coefficient (Wildman–Crippen LogP) is 6.17. The number of likely N-dealkylation sites (tertiary alicyclic amines) is 2. The van der Waals surface area contributed by atoms with Gasteiger partial charge in [-0.1, -0.05) is 18.0 Å². The van der Waals surface area contributed by atoms with Crippen LogP contribution in [-0.2, 0) is 14.8 Å². The number of piperidine rings is 3. The maximum Gasteiger partial charge on any atom is 0.410 e. The fourth-order valence-corrected chi connectivity index (χ4v) is 9.29. The van der Waals surface area contributed by atoms with Gasteiger partial charge in [-0.05, 0) is 114 Å². The highest BCUT2D eigenvalue weighted by Gasteiger charge is 2.60. The van der Waals surface area contributed by atoms with Crippen molar-refractivity contribution in [2.24, 2.45) is 0 Å². The second-order valence-corrected chi connectivity index (χ2v) is 14.9. The molecule has 1 aromatic carbocycles. The number of carbonyl (C=O) groups excluding carboxylic acids is 1. The highest BCUT2D eigenvalue weighted by Crippen LogP contribution is 2.53. The maximum atomic E-state index is 14.3. The van der Waals surface area contributed by atoms with Crippen molar-refractivity contribution in [1.82, 2.24) is 19.1 Å². The molecule has 0 bridgehead atoms. The fourth-order valence-electron chi connectivity index (χ4n) is 7.24. The molecule has 2 aromatic rings. The number of ether oxygens (including phenoxy) is 1. The van der Waals surface area contributed by atoms with Crippen LogP contribution < -0.4 is 0 Å². The van der Waals surface area contributed by atoms with Gasteiger partial charge < -0.3 is 9.64 Å². The zero-order valence-corrected chi connectivity index (χ0v) is 25.8. The largest absolute Gasteiger partial charge is 0.441 e. The van der Waals surface area contributed by atoms with Crippen LogP contribution in [0.2, 0.25) is 5.02 Å². The smallest absolute Gasteiger partial charge is 0.410 e. The Morgan fingerprint density at radius 2 is 1.67 bits per heavy atom. The molecule has 3 aliphatic heterocycles. The lowest BCUT2D eigenvalue weighted by atomic mass is 9.86. The third kappa shape index (κ3) is 5.79. The number of hydrogen-bond acceptors (Lipinski definition) is 6. The van der Waals surface area contributed by atoms with Gasteiger partial charge in [0, 0.05) is 29.8 Å². The molecule has 4 aliphatic rings. The molecule has 1 amide bonds. The van der Waals surface area contributed by atoms with Crippen LogP contribution in [-0.4, -0.2) is 77.0 Å². The number of carbonyl (C=O) groups is 1. The van der Waals surface area contributed by atoms with Crippen LogP contribution in [0.25, 0.3) is 0 Å². The zero-order chi connectivity index (χ0) is 29.5. The molecule has 11 heteroatoms. The van der Waals surface area contributed by atoms with Crippen molar-refractivity contribution in [2.75, 3.05) is 26.2 Å². The first kappa shape index (κ1) is 29.8. The summed E-state index contributed by atoms with van der Waals surface area (Å²) in [5.74, 6) is -0.521. The van der Waals surface area contributed by atoms with E-state index < -0.39 is 33.5 Å². The van der Waals surface area contributed by atoms with Crippen LogP contribution in [0.4, 0.5) is 9.18 Å². The minimum atomic E-state index is -4.06. The summed E-state index contributed by atoms with van der Waals surface area (Å²) in [6, 6.07) is 6.21. The maximum absolute atomic E-state index is 14.3. The number of sulfonamides is 1.